The number of aryl methyl sites for hydroxylation is 1. The fourth-order valence-electron chi connectivity index (χ4n) is 4.26. The van der Waals surface area contributed by atoms with E-state index in [1.54, 1.807) is 7.11 Å². The van der Waals surface area contributed by atoms with Crippen LogP contribution in [0.15, 0.2) is 30.5 Å². The highest BCUT2D eigenvalue weighted by atomic mass is 35.5. The number of hydrogen-bond acceptors (Lipinski definition) is 3. The molecule has 2 aromatic carbocycles. The van der Waals surface area contributed by atoms with Crippen molar-refractivity contribution in [3.63, 3.8) is 0 Å². The van der Waals surface area contributed by atoms with Gasteiger partial charge in [0.2, 0.25) is 0 Å². The molecule has 0 spiro atoms. The van der Waals surface area contributed by atoms with Crippen LogP contribution in [-0.4, -0.2) is 28.8 Å². The zero-order chi connectivity index (χ0) is 19.5. The van der Waals surface area contributed by atoms with Gasteiger partial charge in [0.05, 0.1) is 29.3 Å². The number of methoxy groups -OCH3 is 1. The van der Waals surface area contributed by atoms with Crippen LogP contribution in [0.1, 0.15) is 37.8 Å². The summed E-state index contributed by atoms with van der Waals surface area (Å²) in [5.74, 6) is 0.711. The molecule has 1 aliphatic rings. The van der Waals surface area contributed by atoms with Gasteiger partial charge in [-0.3, -0.25) is 0 Å². The standard InChI is InChI=1S/C22H25ClN2O2/c1-11-8-15(16-10-14(27-5)9-13-6-7-24-20(13)16)18(23)17-12(2)21(26)22(3,4)25-19(11)17/h6-10,12,21,24-26H,1-5H3/t12-,21+/m1/s1. The average molecular weight is 385 g/mol. The lowest BCUT2D eigenvalue weighted by molar-refractivity contribution is 0.0869. The zero-order valence-electron chi connectivity index (χ0n) is 16.3. The number of halogens is 1. The fraction of sp³-hybridized carbons (Fsp3) is 0.364. The summed E-state index contributed by atoms with van der Waals surface area (Å²) in [7, 11) is 1.67. The summed E-state index contributed by atoms with van der Waals surface area (Å²) in [4.78, 5) is 3.32. The molecule has 2 atom stereocenters. The van der Waals surface area contributed by atoms with Crippen molar-refractivity contribution in [2.45, 2.75) is 45.3 Å². The molecule has 2 heterocycles. The predicted octanol–water partition coefficient (Wildman–Crippen LogP) is 5.47. The van der Waals surface area contributed by atoms with Crippen molar-refractivity contribution in [2.75, 3.05) is 12.4 Å². The number of aliphatic hydroxyl groups excluding tert-OH is 1. The van der Waals surface area contributed by atoms with Crippen molar-refractivity contribution < 1.29 is 9.84 Å². The highest BCUT2D eigenvalue weighted by Gasteiger charge is 2.40. The van der Waals surface area contributed by atoms with Crippen molar-refractivity contribution in [1.29, 1.82) is 0 Å². The number of aliphatic hydroxyl groups is 1. The SMILES string of the molecule is COc1cc(-c2cc(C)c3c(c2Cl)[C@@H](C)[C@H](O)C(C)(C)N3)c2[nH]ccc2c1. The molecule has 1 aliphatic heterocycles. The quantitative estimate of drug-likeness (QED) is 0.548. The van der Waals surface area contributed by atoms with Crippen LogP contribution in [0.2, 0.25) is 5.02 Å². The van der Waals surface area contributed by atoms with E-state index in [4.69, 9.17) is 16.3 Å². The topological polar surface area (TPSA) is 57.3 Å². The second-order valence-corrected chi connectivity index (χ2v) is 8.42. The van der Waals surface area contributed by atoms with E-state index in [0.29, 0.717) is 5.02 Å². The Morgan fingerprint density at radius 2 is 1.93 bits per heavy atom. The van der Waals surface area contributed by atoms with Crippen molar-refractivity contribution in [1.82, 2.24) is 4.98 Å². The number of fused-ring (bicyclic) bond motifs is 2. The number of benzene rings is 2. The maximum absolute atomic E-state index is 10.8. The van der Waals surface area contributed by atoms with E-state index < -0.39 is 11.6 Å². The molecule has 3 aromatic rings. The van der Waals surface area contributed by atoms with Gasteiger partial charge in [-0.1, -0.05) is 18.5 Å². The Morgan fingerprint density at radius 1 is 1.19 bits per heavy atom. The molecule has 0 aliphatic carbocycles. The minimum absolute atomic E-state index is 0.0767. The largest absolute Gasteiger partial charge is 0.497 e. The van der Waals surface area contributed by atoms with Gasteiger partial charge in [0.15, 0.2) is 0 Å². The van der Waals surface area contributed by atoms with E-state index in [2.05, 4.69) is 23.3 Å². The van der Waals surface area contributed by atoms with Gasteiger partial charge in [-0.05, 0) is 50.6 Å². The third-order valence-corrected chi connectivity index (χ3v) is 6.18. The normalized spacial score (nSPS) is 21.0. The first kappa shape index (κ1) is 18.2. The fourth-order valence-corrected chi connectivity index (χ4v) is 4.69. The van der Waals surface area contributed by atoms with Crippen molar-refractivity contribution in [3.05, 3.63) is 46.6 Å². The summed E-state index contributed by atoms with van der Waals surface area (Å²) in [6, 6.07) is 8.15. The van der Waals surface area contributed by atoms with E-state index in [1.807, 2.05) is 45.2 Å². The molecule has 3 N–H and O–H groups in total. The molecule has 0 saturated heterocycles. The van der Waals surface area contributed by atoms with Crippen LogP contribution in [-0.2, 0) is 0 Å². The minimum atomic E-state index is -0.534. The Bertz CT molecular complexity index is 1040. The number of nitrogens with one attached hydrogen (secondary N) is 2. The maximum atomic E-state index is 10.8. The molecule has 27 heavy (non-hydrogen) atoms. The molecule has 5 heteroatoms. The number of hydrogen-bond donors (Lipinski definition) is 3. The molecule has 142 valence electrons. The van der Waals surface area contributed by atoms with Gasteiger partial charge in [-0.2, -0.15) is 0 Å². The smallest absolute Gasteiger partial charge is 0.120 e. The Labute approximate surface area is 164 Å². The van der Waals surface area contributed by atoms with Crippen molar-refractivity contribution in [3.8, 4) is 16.9 Å². The second kappa shape index (κ2) is 6.18. The lowest BCUT2D eigenvalue weighted by atomic mass is 9.77. The molecule has 0 fully saturated rings. The Balaban J connectivity index is 2.00. The molecule has 1 aromatic heterocycles. The number of rotatable bonds is 2. The summed E-state index contributed by atoms with van der Waals surface area (Å²) >= 11 is 6.94. The van der Waals surface area contributed by atoms with E-state index in [9.17, 15) is 5.11 Å². The maximum Gasteiger partial charge on any atom is 0.120 e. The minimum Gasteiger partial charge on any atom is -0.497 e. The molecular weight excluding hydrogens is 360 g/mol. The van der Waals surface area contributed by atoms with Gasteiger partial charge in [-0.15, -0.1) is 0 Å². The average Bonchev–Trinajstić information content (AvgIpc) is 3.10. The number of ether oxygens (including phenoxy) is 1. The van der Waals surface area contributed by atoms with Crippen LogP contribution in [0.5, 0.6) is 5.75 Å². The molecule has 4 nitrogen and oxygen atoms in total. The Hall–Kier alpha value is -2.17. The predicted molar refractivity (Wildman–Crippen MR) is 112 cm³/mol. The number of aromatic amines is 1. The first-order valence-electron chi connectivity index (χ1n) is 9.19. The van der Waals surface area contributed by atoms with E-state index in [1.165, 1.54) is 0 Å². The van der Waals surface area contributed by atoms with Gasteiger partial charge in [0.1, 0.15) is 5.75 Å². The van der Waals surface area contributed by atoms with Gasteiger partial charge in [0.25, 0.3) is 0 Å². The van der Waals surface area contributed by atoms with Crippen molar-refractivity contribution >= 4 is 28.2 Å². The van der Waals surface area contributed by atoms with Gasteiger partial charge in [-0.25, -0.2) is 0 Å². The molecule has 4 rings (SSSR count). The van der Waals surface area contributed by atoms with Crippen LogP contribution >= 0.6 is 11.6 Å². The molecule has 0 amide bonds. The van der Waals surface area contributed by atoms with Gasteiger partial charge in [0, 0.05) is 39.9 Å². The Kier molecular flexibility index (Phi) is 4.17. The first-order chi connectivity index (χ1) is 12.7. The summed E-state index contributed by atoms with van der Waals surface area (Å²) in [6.45, 7) is 8.15. The zero-order valence-corrected chi connectivity index (χ0v) is 17.0. The number of aromatic nitrogens is 1. The number of H-pyrrole nitrogens is 1. The second-order valence-electron chi connectivity index (χ2n) is 8.04. The van der Waals surface area contributed by atoms with Crippen molar-refractivity contribution in [2.24, 2.45) is 0 Å². The monoisotopic (exact) mass is 384 g/mol. The molecule has 0 bridgehead atoms. The number of anilines is 1. The highest BCUT2D eigenvalue weighted by molar-refractivity contribution is 6.35. The van der Waals surface area contributed by atoms with E-state index >= 15 is 0 Å². The third kappa shape index (κ3) is 2.70. The van der Waals surface area contributed by atoms with Crippen LogP contribution < -0.4 is 10.1 Å². The summed E-state index contributed by atoms with van der Waals surface area (Å²) < 4.78 is 5.49. The van der Waals surface area contributed by atoms with Crippen LogP contribution in [0.4, 0.5) is 5.69 Å². The van der Waals surface area contributed by atoms with Gasteiger partial charge < -0.3 is 20.1 Å². The summed E-state index contributed by atoms with van der Waals surface area (Å²) in [6.07, 6.45) is 1.39. The van der Waals surface area contributed by atoms with Crippen LogP contribution in [0.25, 0.3) is 22.0 Å². The van der Waals surface area contributed by atoms with E-state index in [-0.39, 0.29) is 5.92 Å². The molecule has 0 radical (unpaired) electrons. The lowest BCUT2D eigenvalue weighted by Gasteiger charge is -2.43. The van der Waals surface area contributed by atoms with Crippen LogP contribution in [0.3, 0.4) is 0 Å². The highest BCUT2D eigenvalue weighted by Crippen LogP contribution is 2.48. The summed E-state index contributed by atoms with van der Waals surface area (Å²) in [5, 5.41) is 16.0. The Morgan fingerprint density at radius 3 is 2.63 bits per heavy atom. The first-order valence-corrected chi connectivity index (χ1v) is 9.57. The van der Waals surface area contributed by atoms with E-state index in [0.717, 1.165) is 44.6 Å². The summed E-state index contributed by atoms with van der Waals surface area (Å²) in [5.41, 5.74) is 5.66. The molecule has 0 unspecified atom stereocenters. The lowest BCUT2D eigenvalue weighted by Crippen LogP contribution is -2.50. The molecular formula is C22H25ClN2O2. The third-order valence-electron chi connectivity index (χ3n) is 5.77. The van der Waals surface area contributed by atoms with Crippen LogP contribution in [0, 0.1) is 6.92 Å². The van der Waals surface area contributed by atoms with Gasteiger partial charge >= 0.3 is 0 Å². The molecule has 0 saturated carbocycles.